The Hall–Kier alpha value is -0.200. The number of hydrogen-bond donors (Lipinski definition) is 3. The molecule has 0 radical (unpaired) electrons. The second-order valence-electron chi connectivity index (χ2n) is 2.69. The fourth-order valence-corrected chi connectivity index (χ4v) is 1.28. The zero-order valence-electron chi connectivity index (χ0n) is 6.67. The molecule has 0 aromatic heterocycles. The third-order valence-corrected chi connectivity index (χ3v) is 1.95. The molecule has 2 aliphatic rings. The van der Waals surface area contributed by atoms with E-state index in [1.165, 1.54) is 0 Å². The van der Waals surface area contributed by atoms with E-state index in [1.54, 1.807) is 0 Å². The monoisotopic (exact) mass is 163 g/mol. The van der Waals surface area contributed by atoms with Crippen LogP contribution in [0.3, 0.4) is 0 Å². The number of aliphatic hydroxyl groups is 3. The second-order valence-corrected chi connectivity index (χ2v) is 2.69. The molecule has 3 N–H and O–H groups in total. The fraction of sp³-hybridized carbons (Fsp3) is 1.00. The standard InChI is InChI=1S/C6H10O5/c7-3-2-1-10-6(11-2)5(9)4(3)8/h2-9H,1H2/t2-,3-,4+,5+,6?/m1/s1/i4D. The molecular weight excluding hydrogens is 152 g/mol. The molecule has 5 nitrogen and oxygen atoms in total. The highest BCUT2D eigenvalue weighted by molar-refractivity contribution is 4.92. The Labute approximate surface area is 64.6 Å². The van der Waals surface area contributed by atoms with E-state index in [1.807, 2.05) is 0 Å². The molecule has 11 heavy (non-hydrogen) atoms. The van der Waals surface area contributed by atoms with Gasteiger partial charge in [-0.3, -0.25) is 0 Å². The molecule has 5 heteroatoms. The summed E-state index contributed by atoms with van der Waals surface area (Å²) in [4.78, 5) is 0. The molecule has 5 atom stereocenters. The van der Waals surface area contributed by atoms with Crippen LogP contribution in [0.1, 0.15) is 1.37 Å². The zero-order chi connectivity index (χ0) is 8.93. The first kappa shape index (κ1) is 6.33. The Morgan fingerprint density at radius 3 is 2.73 bits per heavy atom. The molecule has 2 rings (SSSR count). The molecule has 2 saturated heterocycles. The highest BCUT2D eigenvalue weighted by atomic mass is 16.7. The van der Waals surface area contributed by atoms with Gasteiger partial charge < -0.3 is 24.8 Å². The molecule has 0 aromatic rings. The van der Waals surface area contributed by atoms with Crippen molar-refractivity contribution in [2.24, 2.45) is 0 Å². The Kier molecular flexibility index (Phi) is 1.38. The number of rotatable bonds is 0. The van der Waals surface area contributed by atoms with Crippen molar-refractivity contribution in [2.75, 3.05) is 6.61 Å². The number of ether oxygens (including phenoxy) is 2. The van der Waals surface area contributed by atoms with Crippen LogP contribution in [0.15, 0.2) is 0 Å². The summed E-state index contributed by atoms with van der Waals surface area (Å²) < 4.78 is 17.1. The van der Waals surface area contributed by atoms with Crippen molar-refractivity contribution >= 4 is 0 Å². The molecular formula is C6H10O5. The van der Waals surface area contributed by atoms with Crippen molar-refractivity contribution in [3.05, 3.63) is 0 Å². The molecule has 64 valence electrons. The predicted molar refractivity (Wildman–Crippen MR) is 32.6 cm³/mol. The molecule has 0 spiro atoms. The van der Waals surface area contributed by atoms with Gasteiger partial charge in [-0.05, 0) is 0 Å². The van der Waals surface area contributed by atoms with Gasteiger partial charge in [0.05, 0.1) is 7.98 Å². The van der Waals surface area contributed by atoms with E-state index in [0.717, 1.165) is 0 Å². The van der Waals surface area contributed by atoms with Gasteiger partial charge in [-0.25, -0.2) is 0 Å². The first-order chi connectivity index (χ1) is 5.53. The van der Waals surface area contributed by atoms with E-state index in [9.17, 15) is 15.3 Å². The van der Waals surface area contributed by atoms with Gasteiger partial charge in [-0.2, -0.15) is 0 Å². The van der Waals surface area contributed by atoms with Gasteiger partial charge in [0.15, 0.2) is 6.29 Å². The van der Waals surface area contributed by atoms with E-state index in [2.05, 4.69) is 0 Å². The van der Waals surface area contributed by atoms with Crippen LogP contribution in [0.25, 0.3) is 0 Å². The lowest BCUT2D eigenvalue weighted by molar-refractivity contribution is -0.228. The molecule has 0 amide bonds. The Morgan fingerprint density at radius 1 is 1.27 bits per heavy atom. The third kappa shape index (κ3) is 0.969. The first-order valence-corrected chi connectivity index (χ1v) is 3.39. The normalized spacial score (nSPS) is 64.5. The lowest BCUT2D eigenvalue weighted by atomic mass is 10.0. The summed E-state index contributed by atoms with van der Waals surface area (Å²) >= 11 is 0. The van der Waals surface area contributed by atoms with Crippen molar-refractivity contribution in [1.82, 2.24) is 0 Å². The van der Waals surface area contributed by atoms with E-state index in [4.69, 9.17) is 10.8 Å². The van der Waals surface area contributed by atoms with E-state index in [0.29, 0.717) is 0 Å². The van der Waals surface area contributed by atoms with Crippen molar-refractivity contribution in [1.29, 1.82) is 0 Å². The maximum atomic E-state index is 9.30. The minimum atomic E-state index is -2.29. The van der Waals surface area contributed by atoms with Gasteiger partial charge >= 0.3 is 0 Å². The van der Waals surface area contributed by atoms with Crippen LogP contribution in [0, 0.1) is 0 Å². The summed E-state index contributed by atoms with van der Waals surface area (Å²) in [6, 6.07) is 0. The molecule has 0 saturated carbocycles. The summed E-state index contributed by atoms with van der Waals surface area (Å²) in [5, 5.41) is 27.8. The third-order valence-electron chi connectivity index (χ3n) is 1.95. The topological polar surface area (TPSA) is 79.2 Å². The summed E-state index contributed by atoms with van der Waals surface area (Å²) in [5.74, 6) is 0. The minimum absolute atomic E-state index is 0.101. The van der Waals surface area contributed by atoms with Crippen molar-refractivity contribution in [3.8, 4) is 0 Å². The molecule has 1 unspecified atom stereocenters. The zero-order valence-corrected chi connectivity index (χ0v) is 5.67. The first-order valence-electron chi connectivity index (χ1n) is 3.89. The quantitative estimate of drug-likeness (QED) is 0.378. The second kappa shape index (κ2) is 2.40. The number of hydrogen-bond acceptors (Lipinski definition) is 5. The maximum absolute atomic E-state index is 9.30. The van der Waals surface area contributed by atoms with Gasteiger partial charge in [0.25, 0.3) is 0 Å². The number of aliphatic hydroxyl groups excluding tert-OH is 2. The van der Waals surface area contributed by atoms with Crippen molar-refractivity contribution in [3.63, 3.8) is 0 Å². The Balaban J connectivity index is 2.27. The van der Waals surface area contributed by atoms with Crippen LogP contribution in [-0.4, -0.2) is 52.6 Å². The summed E-state index contributed by atoms with van der Waals surface area (Å²) in [6.45, 7) is 0.101. The molecule has 2 fully saturated rings. The molecule has 2 heterocycles. The van der Waals surface area contributed by atoms with Crippen LogP contribution in [0.5, 0.6) is 0 Å². The van der Waals surface area contributed by atoms with Crippen LogP contribution >= 0.6 is 0 Å². The van der Waals surface area contributed by atoms with Crippen LogP contribution < -0.4 is 0 Å². The van der Waals surface area contributed by atoms with Gasteiger partial charge in [-0.1, -0.05) is 0 Å². The molecule has 2 bridgehead atoms. The van der Waals surface area contributed by atoms with Gasteiger partial charge in [0.1, 0.15) is 24.4 Å². The van der Waals surface area contributed by atoms with Gasteiger partial charge in [0.2, 0.25) is 0 Å². The van der Waals surface area contributed by atoms with E-state index < -0.39 is 30.7 Å². The van der Waals surface area contributed by atoms with Gasteiger partial charge in [-0.15, -0.1) is 0 Å². The maximum Gasteiger partial charge on any atom is 0.186 e. The van der Waals surface area contributed by atoms with Crippen LogP contribution in [0.2, 0.25) is 0 Å². The highest BCUT2D eigenvalue weighted by Gasteiger charge is 2.48. The van der Waals surface area contributed by atoms with E-state index >= 15 is 0 Å². The molecule has 0 aliphatic carbocycles. The smallest absolute Gasteiger partial charge is 0.186 e. The fourth-order valence-electron chi connectivity index (χ4n) is 1.28. The average Bonchev–Trinajstić information content (AvgIpc) is 2.45. The Morgan fingerprint density at radius 2 is 2.00 bits per heavy atom. The van der Waals surface area contributed by atoms with Crippen LogP contribution in [-0.2, 0) is 9.47 Å². The summed E-state index contributed by atoms with van der Waals surface area (Å²) in [6.07, 6.45) is -6.93. The van der Waals surface area contributed by atoms with Crippen LogP contribution in [0.4, 0.5) is 0 Å². The lowest BCUT2D eigenvalue weighted by Crippen LogP contribution is -2.53. The lowest BCUT2D eigenvalue weighted by Gasteiger charge is -2.32. The summed E-state index contributed by atoms with van der Waals surface area (Å²) in [5.41, 5.74) is 0. The van der Waals surface area contributed by atoms with Crippen molar-refractivity contribution in [2.45, 2.75) is 30.7 Å². The predicted octanol–water partition coefficient (Wildman–Crippen LogP) is -2.18. The minimum Gasteiger partial charge on any atom is -0.387 e. The summed E-state index contributed by atoms with van der Waals surface area (Å²) in [7, 11) is 0. The highest BCUT2D eigenvalue weighted by Crippen LogP contribution is 2.27. The molecule has 0 aromatic carbocycles. The number of fused-ring (bicyclic) bond motifs is 2. The Bertz CT molecular complexity index is 178. The SMILES string of the molecule is [2H][C@@]1(O)[C@H](O)C2OC[C@@H](O2)[C@H]1O. The largest absolute Gasteiger partial charge is 0.387 e. The average molecular weight is 163 g/mol. The van der Waals surface area contributed by atoms with Crippen molar-refractivity contribution < 1.29 is 26.2 Å². The molecule has 2 aliphatic heterocycles. The van der Waals surface area contributed by atoms with E-state index in [-0.39, 0.29) is 6.61 Å². The van der Waals surface area contributed by atoms with Gasteiger partial charge in [0, 0.05) is 0 Å².